The second-order valence-electron chi connectivity index (χ2n) is 6.65. The largest absolute Gasteiger partial charge is 0.469 e. The highest BCUT2D eigenvalue weighted by Gasteiger charge is 2.31. The van der Waals surface area contributed by atoms with Crippen LogP contribution < -0.4 is 5.32 Å². The average molecular weight is 284 g/mol. The zero-order valence-electron chi connectivity index (χ0n) is 13.4. The quantitative estimate of drug-likeness (QED) is 0.793. The Hall–Kier alpha value is -1.10. The number of methoxy groups -OCH3 is 1. The molecule has 0 aromatic rings. The van der Waals surface area contributed by atoms with Crippen molar-refractivity contribution in [2.24, 2.45) is 11.3 Å². The molecule has 20 heavy (non-hydrogen) atoms. The van der Waals surface area contributed by atoms with Crippen molar-refractivity contribution in [2.45, 2.75) is 46.6 Å². The maximum absolute atomic E-state index is 12.1. The van der Waals surface area contributed by atoms with Crippen molar-refractivity contribution >= 4 is 11.9 Å². The molecule has 5 heteroatoms. The first-order valence-electron chi connectivity index (χ1n) is 7.36. The van der Waals surface area contributed by atoms with Crippen molar-refractivity contribution < 1.29 is 14.3 Å². The normalized spacial score (nSPS) is 24.2. The number of likely N-dealkylation sites (tertiary alicyclic amines) is 1. The number of hydrogen-bond acceptors (Lipinski definition) is 4. The Bertz CT molecular complexity index is 350. The van der Waals surface area contributed by atoms with Crippen LogP contribution in [0.4, 0.5) is 0 Å². The van der Waals surface area contributed by atoms with E-state index in [-0.39, 0.29) is 29.3 Å². The molecule has 5 nitrogen and oxygen atoms in total. The summed E-state index contributed by atoms with van der Waals surface area (Å²) in [5, 5.41) is 3.11. The fourth-order valence-corrected chi connectivity index (χ4v) is 2.53. The predicted molar refractivity (Wildman–Crippen MR) is 78.2 cm³/mol. The van der Waals surface area contributed by atoms with Crippen molar-refractivity contribution in [1.29, 1.82) is 0 Å². The number of amides is 1. The second kappa shape index (κ2) is 7.07. The Morgan fingerprint density at radius 1 is 1.30 bits per heavy atom. The Morgan fingerprint density at radius 2 is 1.95 bits per heavy atom. The number of nitrogens with one attached hydrogen (secondary N) is 1. The van der Waals surface area contributed by atoms with E-state index in [1.54, 1.807) is 0 Å². The van der Waals surface area contributed by atoms with Crippen molar-refractivity contribution in [2.75, 3.05) is 26.7 Å². The lowest BCUT2D eigenvalue weighted by atomic mass is 9.89. The van der Waals surface area contributed by atoms with Gasteiger partial charge in [0.15, 0.2) is 0 Å². The summed E-state index contributed by atoms with van der Waals surface area (Å²) in [6.07, 6.45) is 1.27. The fraction of sp³-hybridized carbons (Fsp3) is 0.867. The van der Waals surface area contributed by atoms with E-state index in [1.807, 2.05) is 20.8 Å². The van der Waals surface area contributed by atoms with Gasteiger partial charge in [0.1, 0.15) is 0 Å². The Balaban J connectivity index is 2.62. The van der Waals surface area contributed by atoms with E-state index in [2.05, 4.69) is 17.1 Å². The van der Waals surface area contributed by atoms with E-state index in [9.17, 15) is 9.59 Å². The lowest BCUT2D eigenvalue weighted by Gasteiger charge is -2.38. The van der Waals surface area contributed by atoms with Gasteiger partial charge in [-0.2, -0.15) is 0 Å². The van der Waals surface area contributed by atoms with E-state index in [4.69, 9.17) is 4.74 Å². The Labute approximate surface area is 122 Å². The van der Waals surface area contributed by atoms with Gasteiger partial charge in [0.25, 0.3) is 0 Å². The number of esters is 1. The van der Waals surface area contributed by atoms with Gasteiger partial charge in [-0.15, -0.1) is 0 Å². The van der Waals surface area contributed by atoms with E-state index in [0.717, 1.165) is 26.1 Å². The molecule has 1 saturated heterocycles. The van der Waals surface area contributed by atoms with Crippen LogP contribution in [0.1, 0.15) is 40.5 Å². The Morgan fingerprint density at radius 3 is 2.45 bits per heavy atom. The first kappa shape index (κ1) is 17.0. The number of rotatable bonds is 4. The highest BCUT2D eigenvalue weighted by molar-refractivity contribution is 5.81. The van der Waals surface area contributed by atoms with Gasteiger partial charge in [0, 0.05) is 31.0 Å². The summed E-state index contributed by atoms with van der Waals surface area (Å²) in [7, 11) is 1.42. The number of piperidine rings is 1. The molecule has 2 atom stereocenters. The van der Waals surface area contributed by atoms with Gasteiger partial charge in [-0.05, 0) is 18.9 Å². The zero-order chi connectivity index (χ0) is 15.3. The maximum atomic E-state index is 12.1. The molecule has 1 rings (SSSR count). The summed E-state index contributed by atoms with van der Waals surface area (Å²) < 4.78 is 4.75. The SMILES string of the molecule is CCN1CC(CC(=O)OC)CC(NC(=O)C(C)(C)C)C1. The molecule has 1 fully saturated rings. The van der Waals surface area contributed by atoms with E-state index < -0.39 is 0 Å². The van der Waals surface area contributed by atoms with Gasteiger partial charge < -0.3 is 15.0 Å². The first-order chi connectivity index (χ1) is 9.26. The van der Waals surface area contributed by atoms with E-state index >= 15 is 0 Å². The third-order valence-corrected chi connectivity index (χ3v) is 3.76. The summed E-state index contributed by atoms with van der Waals surface area (Å²) in [5.74, 6) is 0.146. The van der Waals surface area contributed by atoms with Crippen molar-refractivity contribution in [3.63, 3.8) is 0 Å². The molecular weight excluding hydrogens is 256 g/mol. The van der Waals surface area contributed by atoms with Crippen LogP contribution in [0.3, 0.4) is 0 Å². The van der Waals surface area contributed by atoms with Crippen molar-refractivity contribution in [3.8, 4) is 0 Å². The van der Waals surface area contributed by atoms with Crippen LogP contribution in [-0.4, -0.2) is 49.6 Å². The molecule has 2 unspecified atom stereocenters. The molecule has 116 valence electrons. The molecular formula is C15H28N2O3. The summed E-state index contributed by atoms with van der Waals surface area (Å²) in [4.78, 5) is 25.8. The van der Waals surface area contributed by atoms with Gasteiger partial charge in [-0.3, -0.25) is 9.59 Å². The zero-order valence-corrected chi connectivity index (χ0v) is 13.4. The number of hydrogen-bond donors (Lipinski definition) is 1. The van der Waals surface area contributed by atoms with E-state index in [0.29, 0.717) is 6.42 Å². The summed E-state index contributed by atoms with van der Waals surface area (Å²) in [6.45, 7) is 10.5. The molecule has 0 aliphatic carbocycles. The summed E-state index contributed by atoms with van der Waals surface area (Å²) >= 11 is 0. The van der Waals surface area contributed by atoms with Crippen molar-refractivity contribution in [1.82, 2.24) is 10.2 Å². The van der Waals surface area contributed by atoms with Crippen LogP contribution in [0.15, 0.2) is 0 Å². The smallest absolute Gasteiger partial charge is 0.305 e. The van der Waals surface area contributed by atoms with Crippen LogP contribution >= 0.6 is 0 Å². The van der Waals surface area contributed by atoms with Crippen LogP contribution in [0.25, 0.3) is 0 Å². The molecule has 0 aromatic carbocycles. The minimum absolute atomic E-state index is 0.0669. The molecule has 0 spiro atoms. The fourth-order valence-electron chi connectivity index (χ4n) is 2.53. The minimum Gasteiger partial charge on any atom is -0.469 e. The van der Waals surface area contributed by atoms with Crippen molar-refractivity contribution in [3.05, 3.63) is 0 Å². The highest BCUT2D eigenvalue weighted by atomic mass is 16.5. The van der Waals surface area contributed by atoms with Crippen LogP contribution in [0.5, 0.6) is 0 Å². The third kappa shape index (κ3) is 5.12. The number of ether oxygens (including phenoxy) is 1. The molecule has 0 bridgehead atoms. The minimum atomic E-state index is -0.383. The highest BCUT2D eigenvalue weighted by Crippen LogP contribution is 2.22. The maximum Gasteiger partial charge on any atom is 0.305 e. The van der Waals surface area contributed by atoms with Crippen LogP contribution in [0.2, 0.25) is 0 Å². The number of nitrogens with zero attached hydrogens (tertiary/aromatic N) is 1. The topological polar surface area (TPSA) is 58.6 Å². The van der Waals surface area contributed by atoms with Gasteiger partial charge in [-0.25, -0.2) is 0 Å². The molecule has 1 heterocycles. The second-order valence-corrected chi connectivity index (χ2v) is 6.65. The molecule has 1 N–H and O–H groups in total. The lowest BCUT2D eigenvalue weighted by molar-refractivity contribution is -0.142. The first-order valence-corrected chi connectivity index (χ1v) is 7.36. The lowest BCUT2D eigenvalue weighted by Crippen LogP contribution is -2.53. The molecule has 1 amide bonds. The summed E-state index contributed by atoms with van der Waals surface area (Å²) in [6, 6.07) is 0.116. The molecule has 0 radical (unpaired) electrons. The monoisotopic (exact) mass is 284 g/mol. The molecule has 0 saturated carbocycles. The predicted octanol–water partition coefficient (Wildman–Crippen LogP) is 1.42. The van der Waals surface area contributed by atoms with Gasteiger partial charge in [0.05, 0.1) is 7.11 Å². The van der Waals surface area contributed by atoms with Gasteiger partial charge in [0.2, 0.25) is 5.91 Å². The molecule has 0 aromatic heterocycles. The average Bonchev–Trinajstić information content (AvgIpc) is 2.37. The van der Waals surface area contributed by atoms with Gasteiger partial charge >= 0.3 is 5.97 Å². The van der Waals surface area contributed by atoms with Crippen LogP contribution in [-0.2, 0) is 14.3 Å². The van der Waals surface area contributed by atoms with Gasteiger partial charge in [-0.1, -0.05) is 27.7 Å². The van der Waals surface area contributed by atoms with E-state index in [1.165, 1.54) is 7.11 Å². The van der Waals surface area contributed by atoms with Crippen LogP contribution in [0, 0.1) is 11.3 Å². The summed E-state index contributed by atoms with van der Waals surface area (Å²) in [5.41, 5.74) is -0.383. The third-order valence-electron chi connectivity index (χ3n) is 3.76. The molecule has 1 aliphatic heterocycles. The number of carbonyl (C=O) groups excluding carboxylic acids is 2. The number of likely N-dealkylation sites (N-methyl/N-ethyl adjacent to an activating group) is 1. The molecule has 1 aliphatic rings. The number of carbonyl (C=O) groups is 2. The standard InChI is InChI=1S/C15H28N2O3/c1-6-17-9-11(8-13(18)20-5)7-12(10-17)16-14(19)15(2,3)4/h11-12H,6-10H2,1-5H3,(H,16,19). The Kier molecular flexibility index (Phi) is 5.99.